The highest BCUT2D eigenvalue weighted by Gasteiger charge is 2.14. The first-order chi connectivity index (χ1) is 14.4. The molecular weight excluding hydrogens is 376 g/mol. The van der Waals surface area contributed by atoms with Crippen LogP contribution in [0, 0.1) is 13.8 Å². The van der Waals surface area contributed by atoms with Gasteiger partial charge in [-0.1, -0.05) is 35.9 Å². The second-order valence-corrected chi connectivity index (χ2v) is 7.68. The maximum atomic E-state index is 12.4. The Morgan fingerprint density at radius 1 is 1.07 bits per heavy atom. The minimum Gasteiger partial charge on any atom is -0.461 e. The Balaban J connectivity index is 1.42. The molecule has 0 bridgehead atoms. The molecule has 0 fully saturated rings. The average molecular weight is 402 g/mol. The van der Waals surface area contributed by atoms with E-state index in [2.05, 4.69) is 49.2 Å². The monoisotopic (exact) mass is 402 g/mol. The summed E-state index contributed by atoms with van der Waals surface area (Å²) >= 11 is 0. The van der Waals surface area contributed by atoms with Gasteiger partial charge in [0, 0.05) is 36.4 Å². The van der Waals surface area contributed by atoms with Crippen molar-refractivity contribution in [3.8, 4) is 11.3 Å². The number of hydrogen-bond donors (Lipinski definition) is 0. The van der Waals surface area contributed by atoms with Crippen molar-refractivity contribution >= 4 is 16.9 Å². The molecule has 0 radical (unpaired) electrons. The number of hydrogen-bond acceptors (Lipinski definition) is 4. The van der Waals surface area contributed by atoms with Crippen molar-refractivity contribution < 1.29 is 9.53 Å². The molecule has 0 spiro atoms. The molecule has 0 N–H and O–H groups in total. The van der Waals surface area contributed by atoms with E-state index in [1.54, 1.807) is 4.68 Å². The zero-order valence-corrected chi connectivity index (χ0v) is 17.8. The minimum absolute atomic E-state index is 0.182. The molecule has 30 heavy (non-hydrogen) atoms. The van der Waals surface area contributed by atoms with Crippen molar-refractivity contribution in [2.24, 2.45) is 7.05 Å². The van der Waals surface area contributed by atoms with E-state index in [9.17, 15) is 4.79 Å². The van der Waals surface area contributed by atoms with Crippen molar-refractivity contribution in [2.45, 2.75) is 40.3 Å². The van der Waals surface area contributed by atoms with Gasteiger partial charge in [-0.2, -0.15) is 10.2 Å². The first-order valence-corrected chi connectivity index (χ1v) is 10.1. The van der Waals surface area contributed by atoms with E-state index in [-0.39, 0.29) is 19.0 Å². The Kier molecular flexibility index (Phi) is 5.40. The SMILES string of the molecule is CCn1cc2ccc(COC(=O)Cc3cc(-c4ccc(C)cc4C)nn3C)cc2n1. The van der Waals surface area contributed by atoms with E-state index >= 15 is 0 Å². The fourth-order valence-electron chi connectivity index (χ4n) is 3.63. The summed E-state index contributed by atoms with van der Waals surface area (Å²) < 4.78 is 9.16. The van der Waals surface area contributed by atoms with Gasteiger partial charge in [-0.15, -0.1) is 0 Å². The van der Waals surface area contributed by atoms with Crippen LogP contribution in [0.1, 0.15) is 29.3 Å². The first kappa shape index (κ1) is 19.9. The number of carbonyl (C=O) groups is 1. The third kappa shape index (κ3) is 4.13. The summed E-state index contributed by atoms with van der Waals surface area (Å²) in [6, 6.07) is 14.2. The molecule has 6 heteroatoms. The van der Waals surface area contributed by atoms with Crippen LogP contribution < -0.4 is 0 Å². The van der Waals surface area contributed by atoms with Gasteiger partial charge < -0.3 is 4.74 Å². The molecule has 0 aliphatic rings. The van der Waals surface area contributed by atoms with E-state index in [0.717, 1.165) is 40.0 Å². The molecule has 6 nitrogen and oxygen atoms in total. The van der Waals surface area contributed by atoms with Gasteiger partial charge in [-0.25, -0.2) is 0 Å². The van der Waals surface area contributed by atoms with Gasteiger partial charge in [0.05, 0.1) is 17.6 Å². The lowest BCUT2D eigenvalue weighted by Crippen LogP contribution is -2.11. The normalized spacial score (nSPS) is 11.2. The highest BCUT2D eigenvalue weighted by molar-refractivity contribution is 5.79. The number of ether oxygens (including phenoxy) is 1. The third-order valence-electron chi connectivity index (χ3n) is 5.30. The predicted molar refractivity (Wildman–Crippen MR) is 117 cm³/mol. The molecule has 0 aliphatic carbocycles. The summed E-state index contributed by atoms with van der Waals surface area (Å²) in [7, 11) is 1.85. The van der Waals surface area contributed by atoms with Crippen LogP contribution in [0.25, 0.3) is 22.2 Å². The van der Waals surface area contributed by atoms with Crippen LogP contribution in [0.15, 0.2) is 48.7 Å². The summed E-state index contributed by atoms with van der Waals surface area (Å²) in [5.41, 5.74) is 7.00. The van der Waals surface area contributed by atoms with Gasteiger partial charge in [0.15, 0.2) is 0 Å². The molecule has 0 atom stereocenters. The Morgan fingerprint density at radius 2 is 1.90 bits per heavy atom. The van der Waals surface area contributed by atoms with E-state index in [1.165, 1.54) is 11.1 Å². The average Bonchev–Trinajstić information content (AvgIpc) is 3.29. The molecule has 4 rings (SSSR count). The van der Waals surface area contributed by atoms with Gasteiger partial charge in [0.25, 0.3) is 0 Å². The van der Waals surface area contributed by atoms with E-state index in [0.29, 0.717) is 0 Å². The van der Waals surface area contributed by atoms with Crippen LogP contribution in [0.4, 0.5) is 0 Å². The Bertz CT molecular complexity index is 1220. The molecule has 0 saturated heterocycles. The van der Waals surface area contributed by atoms with E-state index in [1.807, 2.05) is 42.2 Å². The molecule has 0 aliphatic heterocycles. The number of carbonyl (C=O) groups excluding carboxylic acids is 1. The second-order valence-electron chi connectivity index (χ2n) is 7.68. The number of fused-ring (bicyclic) bond motifs is 1. The molecule has 4 aromatic rings. The smallest absolute Gasteiger partial charge is 0.312 e. The summed E-state index contributed by atoms with van der Waals surface area (Å²) in [6.45, 7) is 7.26. The summed E-state index contributed by atoms with van der Waals surface area (Å²) in [6.07, 6.45) is 2.20. The quantitative estimate of drug-likeness (QED) is 0.450. The highest BCUT2D eigenvalue weighted by Crippen LogP contribution is 2.24. The van der Waals surface area contributed by atoms with Crippen molar-refractivity contribution in [1.82, 2.24) is 19.6 Å². The molecule has 0 unspecified atom stereocenters. The fraction of sp³-hybridized carbons (Fsp3) is 0.292. The van der Waals surface area contributed by atoms with Crippen LogP contribution in [-0.4, -0.2) is 25.5 Å². The van der Waals surface area contributed by atoms with Crippen LogP contribution in [0.3, 0.4) is 0 Å². The maximum absolute atomic E-state index is 12.4. The van der Waals surface area contributed by atoms with E-state index in [4.69, 9.17) is 4.74 Å². The number of rotatable bonds is 6. The lowest BCUT2D eigenvalue weighted by molar-refractivity contribution is -0.144. The number of nitrogens with zero attached hydrogens (tertiary/aromatic N) is 4. The van der Waals surface area contributed by atoms with Gasteiger partial charge in [0.2, 0.25) is 0 Å². The van der Waals surface area contributed by atoms with Crippen molar-refractivity contribution in [2.75, 3.05) is 0 Å². The Labute approximate surface area is 176 Å². The zero-order valence-electron chi connectivity index (χ0n) is 17.8. The lowest BCUT2D eigenvalue weighted by atomic mass is 10.0. The zero-order chi connectivity index (χ0) is 21.3. The summed E-state index contributed by atoms with van der Waals surface area (Å²) in [5.74, 6) is -0.274. The summed E-state index contributed by atoms with van der Waals surface area (Å²) in [5, 5.41) is 10.2. The largest absolute Gasteiger partial charge is 0.461 e. The Morgan fingerprint density at radius 3 is 2.67 bits per heavy atom. The molecule has 2 aromatic carbocycles. The number of esters is 1. The highest BCUT2D eigenvalue weighted by atomic mass is 16.5. The first-order valence-electron chi connectivity index (χ1n) is 10.1. The number of aromatic nitrogens is 4. The van der Waals surface area contributed by atoms with Crippen molar-refractivity contribution in [3.63, 3.8) is 0 Å². The molecule has 2 aromatic heterocycles. The lowest BCUT2D eigenvalue weighted by Gasteiger charge is -2.05. The molecule has 2 heterocycles. The third-order valence-corrected chi connectivity index (χ3v) is 5.30. The van der Waals surface area contributed by atoms with Crippen LogP contribution >= 0.6 is 0 Å². The maximum Gasteiger partial charge on any atom is 0.312 e. The van der Waals surface area contributed by atoms with E-state index < -0.39 is 0 Å². The number of benzene rings is 2. The fourth-order valence-corrected chi connectivity index (χ4v) is 3.63. The van der Waals surface area contributed by atoms with Crippen LogP contribution in [0.5, 0.6) is 0 Å². The number of aryl methyl sites for hydroxylation is 4. The molecule has 0 saturated carbocycles. The molecule has 154 valence electrons. The van der Waals surface area contributed by atoms with Crippen molar-refractivity contribution in [3.05, 3.63) is 71.0 Å². The van der Waals surface area contributed by atoms with Gasteiger partial charge >= 0.3 is 5.97 Å². The molecular formula is C24H26N4O2. The standard InChI is InChI=1S/C24H26N4O2/c1-5-28-14-19-8-7-18(11-22(19)26-28)15-30-24(29)13-20-12-23(25-27(20)4)21-9-6-16(2)10-17(21)3/h6-12,14H,5,13,15H2,1-4H3. The van der Waals surface area contributed by atoms with Crippen LogP contribution in [-0.2, 0) is 36.2 Å². The van der Waals surface area contributed by atoms with Crippen LogP contribution in [0.2, 0.25) is 0 Å². The van der Waals surface area contributed by atoms with Gasteiger partial charge in [-0.05, 0) is 44.0 Å². The van der Waals surface area contributed by atoms with Gasteiger partial charge in [0.1, 0.15) is 6.61 Å². The van der Waals surface area contributed by atoms with Gasteiger partial charge in [-0.3, -0.25) is 14.2 Å². The predicted octanol–water partition coefficient (Wildman–Crippen LogP) is 4.36. The summed E-state index contributed by atoms with van der Waals surface area (Å²) in [4.78, 5) is 12.4. The minimum atomic E-state index is -0.274. The molecule has 0 amide bonds. The van der Waals surface area contributed by atoms with Crippen molar-refractivity contribution in [1.29, 1.82) is 0 Å². The second kappa shape index (κ2) is 8.14. The topological polar surface area (TPSA) is 61.9 Å². The Hall–Kier alpha value is -3.41.